The average molecular weight is 349 g/mol. The molecule has 2 N–H and O–H groups in total. The lowest BCUT2D eigenvalue weighted by Gasteiger charge is -2.36. The van der Waals surface area contributed by atoms with Crippen molar-refractivity contribution in [2.45, 2.75) is 44.2 Å². The van der Waals surface area contributed by atoms with Gasteiger partial charge in [0.25, 0.3) is 0 Å². The normalized spacial score (nSPS) is 21.1. The van der Waals surface area contributed by atoms with Crippen LogP contribution in [0.15, 0.2) is 24.3 Å². The highest BCUT2D eigenvalue weighted by Gasteiger charge is 2.25. The molecule has 2 amide bonds. The number of amides is 2. The Labute approximate surface area is 148 Å². The van der Waals surface area contributed by atoms with E-state index in [2.05, 4.69) is 10.2 Å². The maximum absolute atomic E-state index is 13.7. The molecule has 25 heavy (non-hydrogen) atoms. The first-order valence-electron chi connectivity index (χ1n) is 9.34. The molecule has 2 fully saturated rings. The van der Waals surface area contributed by atoms with E-state index >= 15 is 0 Å². The molecule has 1 aromatic rings. The fraction of sp³-hybridized carbons (Fsp3) is 0.632. The Morgan fingerprint density at radius 1 is 1.16 bits per heavy atom. The van der Waals surface area contributed by atoms with Gasteiger partial charge in [0, 0.05) is 44.3 Å². The predicted molar refractivity (Wildman–Crippen MR) is 94.8 cm³/mol. The number of nitrogens with zero attached hydrogens (tertiary/aromatic N) is 2. The smallest absolute Gasteiger partial charge is 0.317 e. The summed E-state index contributed by atoms with van der Waals surface area (Å²) in [5, 5.41) is 13.4. The summed E-state index contributed by atoms with van der Waals surface area (Å²) < 4.78 is 13.7. The predicted octanol–water partition coefficient (Wildman–Crippen LogP) is 2.52. The summed E-state index contributed by atoms with van der Waals surface area (Å²) in [7, 11) is 0. The largest absolute Gasteiger partial charge is 0.387 e. The molecule has 1 unspecified atom stereocenters. The Morgan fingerprint density at radius 2 is 1.84 bits per heavy atom. The number of halogens is 1. The zero-order valence-electron chi connectivity index (χ0n) is 14.7. The molecule has 1 saturated carbocycles. The van der Waals surface area contributed by atoms with Crippen molar-refractivity contribution in [1.29, 1.82) is 0 Å². The lowest BCUT2D eigenvalue weighted by atomic mass is 9.96. The Kier molecular flexibility index (Phi) is 6.26. The molecule has 1 aliphatic heterocycles. The highest BCUT2D eigenvalue weighted by atomic mass is 19.1. The molecule has 1 aromatic carbocycles. The topological polar surface area (TPSA) is 55.8 Å². The minimum Gasteiger partial charge on any atom is -0.387 e. The summed E-state index contributed by atoms with van der Waals surface area (Å²) in [6, 6.07) is 6.69. The molecule has 1 atom stereocenters. The van der Waals surface area contributed by atoms with Crippen LogP contribution < -0.4 is 5.32 Å². The fourth-order valence-corrected chi connectivity index (χ4v) is 3.73. The standard InChI is InChI=1S/C19H28FN3O2/c20-17-9-5-4-8-16(17)18(24)14-22-10-12-23(13-11-22)19(25)21-15-6-2-1-3-7-15/h4-5,8-9,15,18,24H,1-3,6-7,10-14H2,(H,21,25). The van der Waals surface area contributed by atoms with Gasteiger partial charge in [-0.2, -0.15) is 0 Å². The van der Waals surface area contributed by atoms with Crippen LogP contribution in [0.25, 0.3) is 0 Å². The van der Waals surface area contributed by atoms with Crippen LogP contribution in [-0.4, -0.2) is 59.7 Å². The van der Waals surface area contributed by atoms with Crippen LogP contribution in [0.4, 0.5) is 9.18 Å². The summed E-state index contributed by atoms with van der Waals surface area (Å²) >= 11 is 0. The van der Waals surface area contributed by atoms with Gasteiger partial charge in [-0.25, -0.2) is 9.18 Å². The van der Waals surface area contributed by atoms with Crippen molar-refractivity contribution in [1.82, 2.24) is 15.1 Å². The van der Waals surface area contributed by atoms with Gasteiger partial charge in [-0.1, -0.05) is 37.5 Å². The quantitative estimate of drug-likeness (QED) is 0.878. The highest BCUT2D eigenvalue weighted by Crippen LogP contribution is 2.19. The van der Waals surface area contributed by atoms with Gasteiger partial charge in [0.2, 0.25) is 0 Å². The van der Waals surface area contributed by atoms with Gasteiger partial charge < -0.3 is 15.3 Å². The van der Waals surface area contributed by atoms with Crippen molar-refractivity contribution in [2.75, 3.05) is 32.7 Å². The Hall–Kier alpha value is -1.66. The second-order valence-electron chi connectivity index (χ2n) is 7.11. The minimum absolute atomic E-state index is 0.0289. The third-order valence-corrected chi connectivity index (χ3v) is 5.29. The molecule has 1 heterocycles. The number of nitrogens with one attached hydrogen (secondary N) is 1. The van der Waals surface area contributed by atoms with E-state index in [0.717, 1.165) is 12.8 Å². The number of carbonyl (C=O) groups is 1. The Morgan fingerprint density at radius 3 is 2.52 bits per heavy atom. The Bertz CT molecular complexity index is 570. The molecule has 5 nitrogen and oxygen atoms in total. The number of rotatable bonds is 4. The van der Waals surface area contributed by atoms with Gasteiger partial charge in [-0.05, 0) is 18.9 Å². The van der Waals surface area contributed by atoms with E-state index in [-0.39, 0.29) is 11.8 Å². The second-order valence-corrected chi connectivity index (χ2v) is 7.11. The SMILES string of the molecule is O=C(NC1CCCCC1)N1CCN(CC(O)c2ccccc2F)CC1. The van der Waals surface area contributed by atoms with Crippen LogP contribution in [-0.2, 0) is 0 Å². The van der Waals surface area contributed by atoms with Crippen LogP contribution in [0.5, 0.6) is 0 Å². The Balaban J connectivity index is 1.43. The molecule has 138 valence electrons. The second kappa shape index (κ2) is 8.63. The molecule has 0 radical (unpaired) electrons. The summed E-state index contributed by atoms with van der Waals surface area (Å²) in [4.78, 5) is 16.3. The molecule has 0 aromatic heterocycles. The molecule has 2 aliphatic rings. The van der Waals surface area contributed by atoms with Crippen LogP contribution in [0.2, 0.25) is 0 Å². The highest BCUT2D eigenvalue weighted by molar-refractivity contribution is 5.74. The number of aliphatic hydroxyl groups excluding tert-OH is 1. The zero-order valence-corrected chi connectivity index (χ0v) is 14.7. The first-order valence-corrected chi connectivity index (χ1v) is 9.34. The molecule has 1 saturated heterocycles. The van der Waals surface area contributed by atoms with Crippen LogP contribution in [0.3, 0.4) is 0 Å². The van der Waals surface area contributed by atoms with E-state index in [9.17, 15) is 14.3 Å². The van der Waals surface area contributed by atoms with Crippen molar-refractivity contribution < 1.29 is 14.3 Å². The van der Waals surface area contributed by atoms with Crippen molar-refractivity contribution >= 4 is 6.03 Å². The summed E-state index contributed by atoms with van der Waals surface area (Å²) in [5.74, 6) is -0.375. The van der Waals surface area contributed by atoms with E-state index in [4.69, 9.17) is 0 Å². The van der Waals surface area contributed by atoms with E-state index < -0.39 is 6.10 Å². The molecular formula is C19H28FN3O2. The average Bonchev–Trinajstić information content (AvgIpc) is 2.63. The first kappa shape index (κ1) is 18.1. The van der Waals surface area contributed by atoms with Crippen molar-refractivity contribution in [3.05, 3.63) is 35.6 Å². The number of β-amino-alcohol motifs (C(OH)–C–C–N with tert-alkyl or cyclic N) is 1. The maximum atomic E-state index is 13.7. The molecular weight excluding hydrogens is 321 g/mol. The van der Waals surface area contributed by atoms with Crippen LogP contribution in [0, 0.1) is 5.82 Å². The van der Waals surface area contributed by atoms with Crippen LogP contribution >= 0.6 is 0 Å². The maximum Gasteiger partial charge on any atom is 0.317 e. The molecule has 6 heteroatoms. The molecule has 0 bridgehead atoms. The van der Waals surface area contributed by atoms with Gasteiger partial charge in [0.05, 0.1) is 6.10 Å². The van der Waals surface area contributed by atoms with E-state index in [1.165, 1.54) is 25.3 Å². The summed E-state index contributed by atoms with van der Waals surface area (Å²) in [6.07, 6.45) is 5.00. The van der Waals surface area contributed by atoms with E-state index in [1.54, 1.807) is 18.2 Å². The third kappa shape index (κ3) is 4.92. The number of aliphatic hydroxyl groups is 1. The van der Waals surface area contributed by atoms with E-state index in [0.29, 0.717) is 44.3 Å². The number of hydrogen-bond acceptors (Lipinski definition) is 3. The van der Waals surface area contributed by atoms with Crippen LogP contribution in [0.1, 0.15) is 43.8 Å². The number of benzene rings is 1. The zero-order chi connectivity index (χ0) is 17.6. The van der Waals surface area contributed by atoms with Gasteiger partial charge in [-0.15, -0.1) is 0 Å². The lowest BCUT2D eigenvalue weighted by Crippen LogP contribution is -2.54. The first-order chi connectivity index (χ1) is 12.1. The molecule has 3 rings (SSSR count). The van der Waals surface area contributed by atoms with Gasteiger partial charge >= 0.3 is 6.03 Å². The van der Waals surface area contributed by atoms with Gasteiger partial charge in [0.1, 0.15) is 5.82 Å². The monoisotopic (exact) mass is 349 g/mol. The van der Waals surface area contributed by atoms with Crippen molar-refractivity contribution in [3.63, 3.8) is 0 Å². The van der Waals surface area contributed by atoms with E-state index in [1.807, 2.05) is 4.90 Å². The molecule has 0 spiro atoms. The number of piperazine rings is 1. The molecule has 1 aliphatic carbocycles. The van der Waals surface area contributed by atoms with Crippen molar-refractivity contribution in [2.24, 2.45) is 0 Å². The summed E-state index contributed by atoms with van der Waals surface area (Å²) in [6.45, 7) is 3.07. The lowest BCUT2D eigenvalue weighted by molar-refractivity contribution is 0.0784. The van der Waals surface area contributed by atoms with Gasteiger partial charge in [0.15, 0.2) is 0 Å². The number of carbonyl (C=O) groups excluding carboxylic acids is 1. The number of urea groups is 1. The third-order valence-electron chi connectivity index (χ3n) is 5.29. The minimum atomic E-state index is -0.844. The number of hydrogen-bond donors (Lipinski definition) is 2. The summed E-state index contributed by atoms with van der Waals surface area (Å²) in [5.41, 5.74) is 0.333. The fourth-order valence-electron chi connectivity index (χ4n) is 3.73. The van der Waals surface area contributed by atoms with Gasteiger partial charge in [-0.3, -0.25) is 4.90 Å². The van der Waals surface area contributed by atoms with Crippen molar-refractivity contribution in [3.8, 4) is 0 Å².